The van der Waals surface area contributed by atoms with E-state index in [0.717, 1.165) is 19.4 Å². The van der Waals surface area contributed by atoms with Gasteiger partial charge in [-0.2, -0.15) is 0 Å². The minimum Gasteiger partial charge on any atom is -0.393 e. The van der Waals surface area contributed by atoms with E-state index in [4.69, 9.17) is 0 Å². The van der Waals surface area contributed by atoms with Crippen LogP contribution in [-0.2, 0) is 6.42 Å². The number of rotatable bonds is 4. The Bertz CT molecular complexity index is 409. The molecular weight excluding hydrogens is 248 g/mol. The molecule has 2 heterocycles. The number of aromatic nitrogens is 1. The molecule has 1 aliphatic carbocycles. The largest absolute Gasteiger partial charge is 0.393 e. The monoisotopic (exact) mass is 274 g/mol. The minimum absolute atomic E-state index is 0.0656. The molecule has 0 aromatic carbocycles. The molecule has 1 aliphatic heterocycles. The molecule has 2 fully saturated rings. The van der Waals surface area contributed by atoms with Crippen LogP contribution in [0.2, 0.25) is 0 Å². The number of aliphatic hydroxyl groups excluding tert-OH is 1. The van der Waals surface area contributed by atoms with Crippen molar-refractivity contribution in [2.45, 2.75) is 57.1 Å². The van der Waals surface area contributed by atoms with Crippen molar-refractivity contribution >= 4 is 0 Å². The summed E-state index contributed by atoms with van der Waals surface area (Å²) in [6.45, 7) is 2.28. The van der Waals surface area contributed by atoms with E-state index >= 15 is 0 Å². The van der Waals surface area contributed by atoms with Gasteiger partial charge < -0.3 is 5.11 Å². The van der Waals surface area contributed by atoms with Gasteiger partial charge in [-0.15, -0.1) is 0 Å². The van der Waals surface area contributed by atoms with Crippen molar-refractivity contribution in [3.63, 3.8) is 0 Å². The standard InChI is InChI=1S/C17H26N2O/c20-17-9-2-1-7-15(17)16-8-5-12-19(16)13-10-14-6-3-4-11-18-14/h3-4,6,11,15-17,20H,1-2,5,7-10,12-13H2. The second-order valence-corrected chi connectivity index (χ2v) is 6.33. The fraction of sp³-hybridized carbons (Fsp3) is 0.706. The Morgan fingerprint density at radius 3 is 2.85 bits per heavy atom. The number of hydrogen-bond acceptors (Lipinski definition) is 3. The van der Waals surface area contributed by atoms with Gasteiger partial charge in [0, 0.05) is 36.8 Å². The van der Waals surface area contributed by atoms with Crippen molar-refractivity contribution in [3.8, 4) is 0 Å². The molecule has 0 amide bonds. The molecule has 1 N–H and O–H groups in total. The highest BCUT2D eigenvalue weighted by atomic mass is 16.3. The Labute approximate surface area is 122 Å². The minimum atomic E-state index is -0.0656. The van der Waals surface area contributed by atoms with E-state index in [1.54, 1.807) is 0 Å². The van der Waals surface area contributed by atoms with Gasteiger partial charge in [-0.25, -0.2) is 0 Å². The van der Waals surface area contributed by atoms with Crippen LogP contribution in [0.5, 0.6) is 0 Å². The molecule has 1 aromatic heterocycles. The lowest BCUT2D eigenvalue weighted by molar-refractivity contribution is 0.0224. The molecule has 3 unspecified atom stereocenters. The van der Waals surface area contributed by atoms with Gasteiger partial charge in [-0.3, -0.25) is 9.88 Å². The summed E-state index contributed by atoms with van der Waals surface area (Å²) in [6.07, 6.45) is 10.1. The summed E-state index contributed by atoms with van der Waals surface area (Å²) >= 11 is 0. The van der Waals surface area contributed by atoms with E-state index in [9.17, 15) is 5.11 Å². The average molecular weight is 274 g/mol. The molecule has 0 spiro atoms. The maximum atomic E-state index is 10.3. The van der Waals surface area contributed by atoms with E-state index in [1.807, 2.05) is 12.3 Å². The van der Waals surface area contributed by atoms with E-state index in [1.165, 1.54) is 44.3 Å². The molecule has 1 saturated carbocycles. The predicted octanol–water partition coefficient (Wildman–Crippen LogP) is 2.64. The van der Waals surface area contributed by atoms with E-state index in [2.05, 4.69) is 22.0 Å². The van der Waals surface area contributed by atoms with Gasteiger partial charge >= 0.3 is 0 Å². The Balaban J connectivity index is 1.58. The van der Waals surface area contributed by atoms with Gasteiger partial charge in [0.2, 0.25) is 0 Å². The van der Waals surface area contributed by atoms with Gasteiger partial charge in [0.05, 0.1) is 6.10 Å². The molecule has 0 radical (unpaired) electrons. The number of aliphatic hydroxyl groups is 1. The Kier molecular flexibility index (Phi) is 4.69. The number of nitrogens with zero attached hydrogens (tertiary/aromatic N) is 2. The lowest BCUT2D eigenvalue weighted by atomic mass is 9.80. The number of pyridine rings is 1. The van der Waals surface area contributed by atoms with Crippen molar-refractivity contribution in [1.29, 1.82) is 0 Å². The van der Waals surface area contributed by atoms with Crippen LogP contribution >= 0.6 is 0 Å². The van der Waals surface area contributed by atoms with Gasteiger partial charge in [-0.05, 0) is 44.4 Å². The first-order chi connectivity index (χ1) is 9.84. The number of hydrogen-bond donors (Lipinski definition) is 1. The van der Waals surface area contributed by atoms with Crippen molar-refractivity contribution in [2.24, 2.45) is 5.92 Å². The SMILES string of the molecule is OC1CCCCC1C1CCCN1CCc1ccccn1. The summed E-state index contributed by atoms with van der Waals surface area (Å²) < 4.78 is 0. The summed E-state index contributed by atoms with van der Waals surface area (Å²) in [7, 11) is 0. The van der Waals surface area contributed by atoms with Crippen molar-refractivity contribution < 1.29 is 5.11 Å². The first-order valence-corrected chi connectivity index (χ1v) is 8.16. The molecule has 2 aliphatic rings. The lowest BCUT2D eigenvalue weighted by Crippen LogP contribution is -2.43. The van der Waals surface area contributed by atoms with Gasteiger partial charge in [0.1, 0.15) is 0 Å². The molecule has 3 rings (SSSR count). The van der Waals surface area contributed by atoms with Crippen LogP contribution in [0.1, 0.15) is 44.2 Å². The van der Waals surface area contributed by atoms with Crippen LogP contribution in [-0.4, -0.2) is 40.2 Å². The van der Waals surface area contributed by atoms with Crippen LogP contribution in [0.3, 0.4) is 0 Å². The summed E-state index contributed by atoms with van der Waals surface area (Å²) in [4.78, 5) is 7.02. The molecule has 3 heteroatoms. The fourth-order valence-corrected chi connectivity index (χ4v) is 4.01. The maximum Gasteiger partial charge on any atom is 0.0583 e. The highest BCUT2D eigenvalue weighted by Crippen LogP contribution is 2.34. The number of likely N-dealkylation sites (tertiary alicyclic amines) is 1. The fourth-order valence-electron chi connectivity index (χ4n) is 4.01. The normalized spacial score (nSPS) is 31.6. The van der Waals surface area contributed by atoms with Crippen LogP contribution in [0.15, 0.2) is 24.4 Å². The van der Waals surface area contributed by atoms with Crippen LogP contribution in [0.25, 0.3) is 0 Å². The third-order valence-electron chi connectivity index (χ3n) is 5.07. The highest BCUT2D eigenvalue weighted by molar-refractivity contribution is 5.04. The van der Waals surface area contributed by atoms with Gasteiger partial charge in [-0.1, -0.05) is 18.9 Å². The van der Waals surface area contributed by atoms with E-state index in [0.29, 0.717) is 12.0 Å². The second-order valence-electron chi connectivity index (χ2n) is 6.33. The lowest BCUT2D eigenvalue weighted by Gasteiger charge is -2.37. The zero-order chi connectivity index (χ0) is 13.8. The predicted molar refractivity (Wildman–Crippen MR) is 80.5 cm³/mol. The van der Waals surface area contributed by atoms with Gasteiger partial charge in [0.25, 0.3) is 0 Å². The average Bonchev–Trinajstić information content (AvgIpc) is 2.95. The Hall–Kier alpha value is -0.930. The summed E-state index contributed by atoms with van der Waals surface area (Å²) in [5.74, 6) is 0.509. The van der Waals surface area contributed by atoms with Crippen molar-refractivity contribution in [1.82, 2.24) is 9.88 Å². The smallest absolute Gasteiger partial charge is 0.0583 e. The van der Waals surface area contributed by atoms with Crippen molar-refractivity contribution in [3.05, 3.63) is 30.1 Å². The second kappa shape index (κ2) is 6.68. The molecule has 110 valence electrons. The zero-order valence-corrected chi connectivity index (χ0v) is 12.2. The molecule has 1 saturated heterocycles. The molecular formula is C17H26N2O. The van der Waals surface area contributed by atoms with Crippen LogP contribution in [0, 0.1) is 5.92 Å². The molecule has 1 aromatic rings. The first-order valence-electron chi connectivity index (χ1n) is 8.16. The zero-order valence-electron chi connectivity index (χ0n) is 12.2. The quantitative estimate of drug-likeness (QED) is 0.917. The summed E-state index contributed by atoms with van der Waals surface area (Å²) in [6, 6.07) is 6.75. The third-order valence-corrected chi connectivity index (χ3v) is 5.07. The first kappa shape index (κ1) is 14.0. The van der Waals surface area contributed by atoms with Crippen LogP contribution in [0.4, 0.5) is 0 Å². The Morgan fingerprint density at radius 1 is 1.15 bits per heavy atom. The summed E-state index contributed by atoms with van der Waals surface area (Å²) in [5, 5.41) is 10.3. The molecule has 3 nitrogen and oxygen atoms in total. The molecule has 20 heavy (non-hydrogen) atoms. The van der Waals surface area contributed by atoms with E-state index < -0.39 is 0 Å². The Morgan fingerprint density at radius 2 is 2.05 bits per heavy atom. The van der Waals surface area contributed by atoms with Crippen molar-refractivity contribution in [2.75, 3.05) is 13.1 Å². The van der Waals surface area contributed by atoms with E-state index in [-0.39, 0.29) is 6.10 Å². The highest BCUT2D eigenvalue weighted by Gasteiger charge is 2.36. The summed E-state index contributed by atoms with van der Waals surface area (Å²) in [5.41, 5.74) is 1.18. The molecule has 3 atom stereocenters. The van der Waals surface area contributed by atoms with Crippen LogP contribution < -0.4 is 0 Å². The molecule has 0 bridgehead atoms. The topological polar surface area (TPSA) is 36.4 Å². The van der Waals surface area contributed by atoms with Gasteiger partial charge in [0.15, 0.2) is 0 Å². The third kappa shape index (κ3) is 3.21. The maximum absolute atomic E-state index is 10.3.